The van der Waals surface area contributed by atoms with Gasteiger partial charge in [-0.05, 0) is 13.8 Å². The zero-order valence-electron chi connectivity index (χ0n) is 8.13. The van der Waals surface area contributed by atoms with Crippen molar-refractivity contribution in [3.8, 4) is 0 Å². The molecule has 0 aliphatic rings. The number of ether oxygens (including phenoxy) is 1. The minimum absolute atomic E-state index is 0.185. The van der Waals surface area contributed by atoms with Crippen molar-refractivity contribution >= 4 is 6.21 Å². The number of nitrogens with zero attached hydrogens (tertiary/aromatic N) is 1. The van der Waals surface area contributed by atoms with E-state index >= 15 is 0 Å². The Labute approximate surface area is 74.7 Å². The van der Waals surface area contributed by atoms with Gasteiger partial charge in [0.15, 0.2) is 0 Å². The molecule has 0 aromatic carbocycles. The molecule has 0 saturated carbocycles. The summed E-state index contributed by atoms with van der Waals surface area (Å²) in [5.41, 5.74) is 0.622. The summed E-state index contributed by atoms with van der Waals surface area (Å²) in [6, 6.07) is 0. The Kier molecular flexibility index (Phi) is 4.52. The Hall–Kier alpha value is -0.890. The van der Waals surface area contributed by atoms with Gasteiger partial charge in [-0.1, -0.05) is 19.2 Å². The summed E-state index contributed by atoms with van der Waals surface area (Å²) < 4.78 is 5.23. The predicted molar refractivity (Wildman–Crippen MR) is 53.5 cm³/mol. The van der Waals surface area contributed by atoms with Gasteiger partial charge in [-0.15, -0.1) is 0 Å². The molecule has 0 fully saturated rings. The molecular weight excluding hydrogens is 150 g/mol. The van der Waals surface area contributed by atoms with Gasteiger partial charge >= 0.3 is 0 Å². The van der Waals surface area contributed by atoms with Gasteiger partial charge in [0.1, 0.15) is 0 Å². The van der Waals surface area contributed by atoms with Gasteiger partial charge < -0.3 is 4.74 Å². The summed E-state index contributed by atoms with van der Waals surface area (Å²) in [5, 5.41) is 0. The van der Waals surface area contributed by atoms with Crippen molar-refractivity contribution in [3.63, 3.8) is 0 Å². The highest BCUT2D eigenvalue weighted by atomic mass is 16.5. The molecule has 0 N–H and O–H groups in total. The SMILES string of the molecule is C=CC=NC(=C)CC(C)(C)OC. The molecule has 0 saturated heterocycles. The molecular formula is C10H17NO. The van der Waals surface area contributed by atoms with Crippen molar-refractivity contribution in [1.82, 2.24) is 0 Å². The molecule has 0 spiro atoms. The Balaban J connectivity index is 4.00. The lowest BCUT2D eigenvalue weighted by Gasteiger charge is -2.22. The number of hydrogen-bond acceptors (Lipinski definition) is 2. The fraction of sp³-hybridized carbons (Fsp3) is 0.500. The molecule has 0 atom stereocenters. The van der Waals surface area contributed by atoms with Gasteiger partial charge in [0.25, 0.3) is 0 Å². The van der Waals surface area contributed by atoms with E-state index in [0.29, 0.717) is 0 Å². The Bertz CT molecular complexity index is 192. The minimum atomic E-state index is -0.185. The summed E-state index contributed by atoms with van der Waals surface area (Å²) in [7, 11) is 1.69. The Morgan fingerprint density at radius 3 is 2.58 bits per heavy atom. The monoisotopic (exact) mass is 167 g/mol. The van der Waals surface area contributed by atoms with Crippen LogP contribution in [0.25, 0.3) is 0 Å². The first-order valence-corrected chi connectivity index (χ1v) is 3.90. The molecule has 0 aliphatic heterocycles. The number of aliphatic imine (C=N–C) groups is 1. The molecule has 0 bridgehead atoms. The first-order chi connectivity index (χ1) is 5.52. The molecule has 0 rings (SSSR count). The zero-order valence-corrected chi connectivity index (χ0v) is 8.13. The highest BCUT2D eigenvalue weighted by Crippen LogP contribution is 2.18. The first kappa shape index (κ1) is 11.1. The predicted octanol–water partition coefficient (Wildman–Crippen LogP) is 2.57. The van der Waals surface area contributed by atoms with E-state index in [0.717, 1.165) is 12.1 Å². The van der Waals surface area contributed by atoms with E-state index in [-0.39, 0.29) is 5.60 Å². The molecule has 0 unspecified atom stereocenters. The van der Waals surface area contributed by atoms with E-state index in [2.05, 4.69) is 18.2 Å². The number of methoxy groups -OCH3 is 1. The summed E-state index contributed by atoms with van der Waals surface area (Å²) in [5.74, 6) is 0. The van der Waals surface area contributed by atoms with Crippen molar-refractivity contribution in [3.05, 3.63) is 24.9 Å². The number of allylic oxidation sites excluding steroid dienone is 1. The molecule has 0 aromatic heterocycles. The highest BCUT2D eigenvalue weighted by molar-refractivity contribution is 5.71. The third-order valence-corrected chi connectivity index (χ3v) is 1.54. The van der Waals surface area contributed by atoms with Gasteiger partial charge in [-0.25, -0.2) is 0 Å². The van der Waals surface area contributed by atoms with Gasteiger partial charge in [-0.3, -0.25) is 4.99 Å². The van der Waals surface area contributed by atoms with E-state index < -0.39 is 0 Å². The molecule has 12 heavy (non-hydrogen) atoms. The van der Waals surface area contributed by atoms with Crippen molar-refractivity contribution < 1.29 is 4.74 Å². The van der Waals surface area contributed by atoms with Gasteiger partial charge in [0, 0.05) is 25.4 Å². The molecule has 0 amide bonds. The second-order valence-corrected chi connectivity index (χ2v) is 3.22. The van der Waals surface area contributed by atoms with Crippen LogP contribution in [0.2, 0.25) is 0 Å². The largest absolute Gasteiger partial charge is 0.378 e. The normalized spacial score (nSPS) is 11.9. The van der Waals surface area contributed by atoms with Crippen LogP contribution in [0.15, 0.2) is 29.9 Å². The van der Waals surface area contributed by atoms with Crippen molar-refractivity contribution in [2.45, 2.75) is 25.9 Å². The molecule has 2 nitrogen and oxygen atoms in total. The van der Waals surface area contributed by atoms with Crippen LogP contribution >= 0.6 is 0 Å². The Morgan fingerprint density at radius 2 is 2.17 bits per heavy atom. The molecule has 0 aliphatic carbocycles. The van der Waals surface area contributed by atoms with E-state index in [4.69, 9.17) is 4.74 Å². The maximum atomic E-state index is 5.23. The maximum absolute atomic E-state index is 5.23. The summed E-state index contributed by atoms with van der Waals surface area (Å²) >= 11 is 0. The van der Waals surface area contributed by atoms with E-state index in [9.17, 15) is 0 Å². The van der Waals surface area contributed by atoms with Crippen LogP contribution < -0.4 is 0 Å². The van der Waals surface area contributed by atoms with Crippen LogP contribution in [0, 0.1) is 0 Å². The topological polar surface area (TPSA) is 21.6 Å². The van der Waals surface area contributed by atoms with E-state index in [1.165, 1.54) is 0 Å². The standard InChI is InChI=1S/C10H17NO/c1-6-7-11-9(2)8-10(3,4)12-5/h6-7H,1-2,8H2,3-5H3. The molecule has 0 heterocycles. The molecule has 68 valence electrons. The fourth-order valence-corrected chi connectivity index (χ4v) is 0.767. The smallest absolute Gasteiger partial charge is 0.0677 e. The van der Waals surface area contributed by atoms with Gasteiger partial charge in [0.2, 0.25) is 0 Å². The van der Waals surface area contributed by atoms with Crippen LogP contribution in [0.1, 0.15) is 20.3 Å². The quantitative estimate of drug-likeness (QED) is 0.577. The van der Waals surface area contributed by atoms with Crippen molar-refractivity contribution in [1.29, 1.82) is 0 Å². The lowest BCUT2D eigenvalue weighted by atomic mass is 10.0. The lowest BCUT2D eigenvalue weighted by Crippen LogP contribution is -2.22. The van der Waals surface area contributed by atoms with E-state index in [1.807, 2.05) is 13.8 Å². The van der Waals surface area contributed by atoms with Crippen molar-refractivity contribution in [2.75, 3.05) is 7.11 Å². The fourth-order valence-electron chi connectivity index (χ4n) is 0.767. The summed E-state index contributed by atoms with van der Waals surface area (Å²) in [6.45, 7) is 11.3. The summed E-state index contributed by atoms with van der Waals surface area (Å²) in [4.78, 5) is 4.06. The van der Waals surface area contributed by atoms with Crippen LogP contribution in [0.4, 0.5) is 0 Å². The zero-order chi connectivity index (χ0) is 9.61. The molecule has 0 radical (unpaired) electrons. The van der Waals surface area contributed by atoms with Crippen LogP contribution in [-0.4, -0.2) is 18.9 Å². The summed E-state index contributed by atoms with van der Waals surface area (Å²) in [6.07, 6.45) is 3.99. The van der Waals surface area contributed by atoms with Gasteiger partial charge in [-0.2, -0.15) is 0 Å². The molecule has 2 heteroatoms. The van der Waals surface area contributed by atoms with Gasteiger partial charge in [0.05, 0.1) is 5.60 Å². The third kappa shape index (κ3) is 4.85. The number of hydrogen-bond donors (Lipinski definition) is 0. The number of rotatable bonds is 5. The molecule has 0 aromatic rings. The second-order valence-electron chi connectivity index (χ2n) is 3.22. The highest BCUT2D eigenvalue weighted by Gasteiger charge is 2.16. The second kappa shape index (κ2) is 4.88. The van der Waals surface area contributed by atoms with Crippen LogP contribution in [0.3, 0.4) is 0 Å². The maximum Gasteiger partial charge on any atom is 0.0677 e. The lowest BCUT2D eigenvalue weighted by molar-refractivity contribution is 0.0231. The Morgan fingerprint density at radius 1 is 1.58 bits per heavy atom. The average molecular weight is 167 g/mol. The van der Waals surface area contributed by atoms with E-state index in [1.54, 1.807) is 19.4 Å². The van der Waals surface area contributed by atoms with Crippen molar-refractivity contribution in [2.24, 2.45) is 4.99 Å². The first-order valence-electron chi connectivity index (χ1n) is 3.90. The third-order valence-electron chi connectivity index (χ3n) is 1.54. The van der Waals surface area contributed by atoms with Crippen LogP contribution in [-0.2, 0) is 4.74 Å². The van der Waals surface area contributed by atoms with Crippen LogP contribution in [0.5, 0.6) is 0 Å². The minimum Gasteiger partial charge on any atom is -0.378 e. The average Bonchev–Trinajstić information content (AvgIpc) is 2.00.